The molecule has 170 valence electrons. The van der Waals surface area contributed by atoms with Gasteiger partial charge in [-0.1, -0.05) is 26.5 Å². The molecule has 1 spiro atoms. The van der Waals surface area contributed by atoms with Crippen molar-refractivity contribution in [3.63, 3.8) is 0 Å². The number of ether oxygens (including phenoxy) is 3. The largest absolute Gasteiger partial charge is 0.460 e. The number of cyclic esters (lactones) is 1. The number of hydrogen-bond acceptors (Lipinski definition) is 7. The van der Waals surface area contributed by atoms with Gasteiger partial charge in [0.05, 0.1) is 0 Å². The predicted molar refractivity (Wildman–Crippen MR) is 119 cm³/mol. The van der Waals surface area contributed by atoms with Crippen molar-refractivity contribution in [1.82, 2.24) is 0 Å². The number of thioether (sulfide) groups is 1. The van der Waals surface area contributed by atoms with Crippen LogP contribution in [0.15, 0.2) is 35.3 Å². The van der Waals surface area contributed by atoms with E-state index < -0.39 is 35.5 Å². The van der Waals surface area contributed by atoms with Gasteiger partial charge in [-0.15, -0.1) is 11.8 Å². The van der Waals surface area contributed by atoms with Crippen molar-refractivity contribution >= 4 is 29.7 Å². The number of rotatable bonds is 5. The normalized spacial score (nSPS) is 37.8. The summed E-state index contributed by atoms with van der Waals surface area (Å²) in [4.78, 5) is 38.3. The van der Waals surface area contributed by atoms with Crippen LogP contribution in [0.25, 0.3) is 0 Å². The summed E-state index contributed by atoms with van der Waals surface area (Å²) in [5.74, 6) is -1.39. The van der Waals surface area contributed by atoms with E-state index in [1.165, 1.54) is 17.8 Å². The molecule has 7 heteroatoms. The van der Waals surface area contributed by atoms with Gasteiger partial charge in [-0.25, -0.2) is 9.59 Å². The lowest BCUT2D eigenvalue weighted by molar-refractivity contribution is -0.171. The monoisotopic (exact) mass is 448 g/mol. The summed E-state index contributed by atoms with van der Waals surface area (Å²) in [6.45, 7) is 11.9. The Balaban J connectivity index is 2.07. The van der Waals surface area contributed by atoms with Gasteiger partial charge in [0.1, 0.15) is 24.2 Å². The van der Waals surface area contributed by atoms with E-state index in [1.54, 1.807) is 25.3 Å². The van der Waals surface area contributed by atoms with Gasteiger partial charge in [0.15, 0.2) is 0 Å². The van der Waals surface area contributed by atoms with Crippen molar-refractivity contribution in [2.45, 2.75) is 59.2 Å². The van der Waals surface area contributed by atoms with Gasteiger partial charge < -0.3 is 14.2 Å². The van der Waals surface area contributed by atoms with E-state index in [9.17, 15) is 14.4 Å². The van der Waals surface area contributed by atoms with Crippen molar-refractivity contribution in [3.05, 3.63) is 35.3 Å². The lowest BCUT2D eigenvalue weighted by Crippen LogP contribution is -2.50. The van der Waals surface area contributed by atoms with Crippen LogP contribution in [-0.2, 0) is 28.6 Å². The second-order valence-corrected chi connectivity index (χ2v) is 9.89. The minimum Gasteiger partial charge on any atom is -0.460 e. The molecule has 1 heterocycles. The average molecular weight is 449 g/mol. The summed E-state index contributed by atoms with van der Waals surface area (Å²) in [7, 11) is 0. The quantitative estimate of drug-likeness (QED) is 0.270. The molecule has 0 aromatic rings. The van der Waals surface area contributed by atoms with Gasteiger partial charge >= 0.3 is 17.9 Å². The number of hydrogen-bond donors (Lipinski definition) is 0. The fraction of sp³-hybridized carbons (Fsp3) is 0.625. The van der Waals surface area contributed by atoms with Gasteiger partial charge in [0.25, 0.3) is 0 Å². The summed E-state index contributed by atoms with van der Waals surface area (Å²) < 4.78 is 17.3. The first-order valence-corrected chi connectivity index (χ1v) is 12.0. The van der Waals surface area contributed by atoms with Gasteiger partial charge in [-0.05, 0) is 61.7 Å². The zero-order chi connectivity index (χ0) is 23.0. The molecule has 3 rings (SSSR count). The first-order chi connectivity index (χ1) is 14.6. The Morgan fingerprint density at radius 1 is 1.29 bits per heavy atom. The molecule has 3 fully saturated rings. The number of esters is 3. The number of carbonyl (C=O) groups excluding carboxylic acids is 3. The number of carbonyl (C=O) groups is 3. The van der Waals surface area contributed by atoms with E-state index in [1.807, 2.05) is 6.26 Å². The number of fused-ring (bicyclic) bond motifs is 1. The lowest BCUT2D eigenvalue weighted by Gasteiger charge is -2.46. The molecule has 0 radical (unpaired) electrons. The molecule has 3 aliphatic rings. The molecule has 0 N–H and O–H groups in total. The molecule has 2 saturated carbocycles. The zero-order valence-electron chi connectivity index (χ0n) is 18.9. The van der Waals surface area contributed by atoms with Crippen molar-refractivity contribution in [1.29, 1.82) is 0 Å². The van der Waals surface area contributed by atoms with Gasteiger partial charge in [0, 0.05) is 17.6 Å². The Morgan fingerprint density at radius 2 is 2.00 bits per heavy atom. The van der Waals surface area contributed by atoms with Crippen LogP contribution >= 0.6 is 11.8 Å². The minimum absolute atomic E-state index is 0.119. The van der Waals surface area contributed by atoms with E-state index in [-0.39, 0.29) is 23.9 Å². The third kappa shape index (κ3) is 3.86. The summed E-state index contributed by atoms with van der Waals surface area (Å²) in [5, 5.41) is 1.67. The van der Waals surface area contributed by atoms with E-state index in [2.05, 4.69) is 20.4 Å². The highest BCUT2D eigenvalue weighted by Crippen LogP contribution is 2.66. The Labute approximate surface area is 188 Å². The van der Waals surface area contributed by atoms with Crippen LogP contribution in [0.5, 0.6) is 0 Å². The highest BCUT2D eigenvalue weighted by molar-refractivity contribution is 8.01. The van der Waals surface area contributed by atoms with Crippen molar-refractivity contribution in [2.75, 3.05) is 12.9 Å². The van der Waals surface area contributed by atoms with Gasteiger partial charge in [0.2, 0.25) is 0 Å². The summed E-state index contributed by atoms with van der Waals surface area (Å²) in [6.07, 6.45) is 5.64. The van der Waals surface area contributed by atoms with Crippen molar-refractivity contribution < 1.29 is 28.6 Å². The van der Waals surface area contributed by atoms with Crippen LogP contribution in [0.3, 0.4) is 0 Å². The van der Waals surface area contributed by atoms with Crippen LogP contribution in [0, 0.1) is 22.7 Å². The third-order valence-corrected chi connectivity index (χ3v) is 8.02. The molecule has 3 unspecified atom stereocenters. The minimum atomic E-state index is -1.11. The molecule has 1 saturated heterocycles. The maximum absolute atomic E-state index is 13.1. The molecule has 1 aliphatic heterocycles. The fourth-order valence-corrected chi connectivity index (χ4v) is 5.78. The predicted octanol–water partition coefficient (Wildman–Crippen LogP) is 4.21. The standard InChI is InChI=1S/C24H32O6S/c1-7-14(2)21(26)30-20-19-17(29-18(25)10-11-31-6)9-8-15(3)23(19,5)13-24(20)16(4)12-28-22(24)27/h7,10-11,15,17,19-20H,4,8-9,12-13H2,1-3,5-6H3/b11-10-,14-7-/t15?,17?,19-,20?,23-,24-/m1/s1. The van der Waals surface area contributed by atoms with Crippen LogP contribution < -0.4 is 0 Å². The Hall–Kier alpha value is -2.02. The Bertz CT molecular complexity index is 827. The summed E-state index contributed by atoms with van der Waals surface area (Å²) in [6, 6.07) is 0. The Kier molecular flexibility index (Phi) is 6.75. The first-order valence-electron chi connectivity index (χ1n) is 10.7. The van der Waals surface area contributed by atoms with Gasteiger partial charge in [-0.2, -0.15) is 0 Å². The van der Waals surface area contributed by atoms with Gasteiger partial charge in [-0.3, -0.25) is 4.79 Å². The van der Waals surface area contributed by atoms with E-state index in [4.69, 9.17) is 14.2 Å². The van der Waals surface area contributed by atoms with E-state index >= 15 is 0 Å². The van der Waals surface area contributed by atoms with Crippen LogP contribution in [0.1, 0.15) is 47.0 Å². The zero-order valence-corrected chi connectivity index (χ0v) is 19.8. The fourth-order valence-electron chi connectivity index (χ4n) is 5.53. The highest BCUT2D eigenvalue weighted by Gasteiger charge is 2.72. The molecule has 0 amide bonds. The van der Waals surface area contributed by atoms with Crippen LogP contribution in [0.4, 0.5) is 0 Å². The van der Waals surface area contributed by atoms with Crippen molar-refractivity contribution in [3.8, 4) is 0 Å². The Morgan fingerprint density at radius 3 is 2.58 bits per heavy atom. The van der Waals surface area contributed by atoms with Crippen molar-refractivity contribution in [2.24, 2.45) is 22.7 Å². The molecule has 6 atom stereocenters. The SMILES string of the molecule is C=C1COC(=O)[C@]12C[C@]1(C)C(C)CCC(OC(=O)/C=C\SC)[C@@H]1C2OC(=O)/C(C)=C\C. The highest BCUT2D eigenvalue weighted by atomic mass is 32.2. The van der Waals surface area contributed by atoms with Crippen LogP contribution in [0.2, 0.25) is 0 Å². The summed E-state index contributed by atoms with van der Waals surface area (Å²) >= 11 is 1.41. The maximum Gasteiger partial charge on any atom is 0.333 e. The molecule has 0 bridgehead atoms. The second-order valence-electron chi connectivity index (χ2n) is 9.15. The topological polar surface area (TPSA) is 78.9 Å². The molecular weight excluding hydrogens is 416 g/mol. The smallest absolute Gasteiger partial charge is 0.333 e. The maximum atomic E-state index is 13.1. The molecule has 2 aliphatic carbocycles. The van der Waals surface area contributed by atoms with Crippen LogP contribution in [-0.4, -0.2) is 43.0 Å². The lowest BCUT2D eigenvalue weighted by atomic mass is 9.61. The summed E-state index contributed by atoms with van der Waals surface area (Å²) in [5.41, 5.74) is -0.403. The van der Waals surface area contributed by atoms with E-state index in [0.717, 1.165) is 6.42 Å². The molecule has 6 nitrogen and oxygen atoms in total. The molecule has 0 aromatic heterocycles. The molecule has 31 heavy (non-hydrogen) atoms. The first kappa shape index (κ1) is 23.6. The third-order valence-electron chi connectivity index (χ3n) is 7.61. The average Bonchev–Trinajstić information content (AvgIpc) is 3.18. The molecule has 0 aromatic carbocycles. The number of allylic oxidation sites excluding steroid dienone is 1. The second kappa shape index (κ2) is 8.85. The van der Waals surface area contributed by atoms with E-state index in [0.29, 0.717) is 24.0 Å². The molecular formula is C24H32O6S.